The van der Waals surface area contributed by atoms with E-state index in [0.717, 1.165) is 10.5 Å². The average molecular weight is 445 g/mol. The van der Waals surface area contributed by atoms with E-state index >= 15 is 0 Å². The summed E-state index contributed by atoms with van der Waals surface area (Å²) in [5.41, 5.74) is 2.63. The van der Waals surface area contributed by atoms with E-state index in [4.69, 9.17) is 4.74 Å². The molecule has 0 saturated carbocycles. The summed E-state index contributed by atoms with van der Waals surface area (Å²) in [7, 11) is 1.64. The van der Waals surface area contributed by atoms with Crippen LogP contribution < -0.4 is 10.6 Å². The highest BCUT2D eigenvalue weighted by Crippen LogP contribution is 2.29. The number of esters is 1. The van der Waals surface area contributed by atoms with Crippen molar-refractivity contribution < 1.29 is 19.1 Å². The molecule has 0 unspecified atom stereocenters. The molecule has 0 radical (unpaired) electrons. The Kier molecular flexibility index (Phi) is 6.03. The molecule has 9 nitrogen and oxygen atoms in total. The second-order valence-electron chi connectivity index (χ2n) is 7.42. The third kappa shape index (κ3) is 4.25. The Labute approximate surface area is 190 Å². The van der Waals surface area contributed by atoms with Crippen LogP contribution in [0.2, 0.25) is 0 Å². The number of amides is 2. The third-order valence-electron chi connectivity index (χ3n) is 5.15. The molecule has 2 amide bonds. The molecule has 33 heavy (non-hydrogen) atoms. The predicted molar refractivity (Wildman–Crippen MR) is 123 cm³/mol. The number of aromatic nitrogens is 2. The zero-order valence-electron chi connectivity index (χ0n) is 18.5. The summed E-state index contributed by atoms with van der Waals surface area (Å²) in [5, 5.41) is 6.02. The Bertz CT molecular complexity index is 1220. The van der Waals surface area contributed by atoms with Crippen LogP contribution in [0.5, 0.6) is 0 Å². The molecule has 1 aliphatic rings. The molecular formula is C24H23N5O4. The average Bonchev–Trinajstić information content (AvgIpc) is 3.04. The van der Waals surface area contributed by atoms with Crippen LogP contribution in [0.25, 0.3) is 0 Å². The van der Waals surface area contributed by atoms with Gasteiger partial charge in [-0.1, -0.05) is 24.3 Å². The predicted octanol–water partition coefficient (Wildman–Crippen LogP) is 3.54. The van der Waals surface area contributed by atoms with E-state index in [2.05, 4.69) is 20.6 Å². The van der Waals surface area contributed by atoms with E-state index in [9.17, 15) is 14.4 Å². The van der Waals surface area contributed by atoms with Crippen molar-refractivity contribution in [1.29, 1.82) is 0 Å². The number of fused-ring (bicyclic) bond motifs is 1. The second kappa shape index (κ2) is 9.07. The first-order valence-electron chi connectivity index (χ1n) is 10.5. The van der Waals surface area contributed by atoms with Gasteiger partial charge >= 0.3 is 5.97 Å². The van der Waals surface area contributed by atoms with Gasteiger partial charge in [-0.15, -0.1) is 0 Å². The van der Waals surface area contributed by atoms with Crippen molar-refractivity contribution in [3.63, 3.8) is 0 Å². The molecule has 4 rings (SSSR count). The molecule has 168 valence electrons. The van der Waals surface area contributed by atoms with Crippen LogP contribution in [0.3, 0.4) is 0 Å². The number of hydrogen-bond acceptors (Lipinski definition) is 8. The lowest BCUT2D eigenvalue weighted by molar-refractivity contribution is 0.0516. The van der Waals surface area contributed by atoms with Gasteiger partial charge in [0.15, 0.2) is 5.82 Å². The van der Waals surface area contributed by atoms with E-state index in [-0.39, 0.29) is 36.2 Å². The van der Waals surface area contributed by atoms with Crippen molar-refractivity contribution in [1.82, 2.24) is 14.9 Å². The summed E-state index contributed by atoms with van der Waals surface area (Å²) in [4.78, 5) is 48.6. The molecule has 0 atom stereocenters. The number of nitrogens with one attached hydrogen (secondary N) is 2. The molecular weight excluding hydrogens is 422 g/mol. The first-order chi connectivity index (χ1) is 15.9. The molecule has 2 N–H and O–H groups in total. The molecule has 1 aliphatic heterocycles. The monoisotopic (exact) mass is 445 g/mol. The summed E-state index contributed by atoms with van der Waals surface area (Å²) in [6, 6.07) is 14.2. The fourth-order valence-electron chi connectivity index (χ4n) is 3.63. The molecule has 2 aromatic carbocycles. The highest BCUT2D eigenvalue weighted by Gasteiger charge is 2.37. The number of anilines is 3. The Balaban J connectivity index is 1.79. The number of aryl methyl sites for hydroxylation is 1. The fourth-order valence-corrected chi connectivity index (χ4v) is 3.63. The van der Waals surface area contributed by atoms with E-state index in [1.165, 1.54) is 0 Å². The van der Waals surface area contributed by atoms with E-state index in [1.807, 2.05) is 31.2 Å². The van der Waals surface area contributed by atoms with E-state index in [1.54, 1.807) is 38.2 Å². The molecule has 0 bridgehead atoms. The summed E-state index contributed by atoms with van der Waals surface area (Å²) in [5.74, 6) is -1.09. The number of benzene rings is 2. The van der Waals surface area contributed by atoms with Crippen molar-refractivity contribution >= 4 is 35.2 Å². The molecule has 1 aromatic heterocycles. The number of ether oxygens (including phenoxy) is 1. The van der Waals surface area contributed by atoms with Crippen LogP contribution in [0.1, 0.15) is 49.3 Å². The van der Waals surface area contributed by atoms with Gasteiger partial charge in [0.2, 0.25) is 5.95 Å². The Morgan fingerprint density at radius 2 is 1.73 bits per heavy atom. The number of nitrogens with zero attached hydrogens (tertiary/aromatic N) is 3. The van der Waals surface area contributed by atoms with Crippen LogP contribution in [0, 0.1) is 6.92 Å². The van der Waals surface area contributed by atoms with Gasteiger partial charge in [-0.2, -0.15) is 4.98 Å². The fraction of sp³-hybridized carbons (Fsp3) is 0.208. The van der Waals surface area contributed by atoms with Gasteiger partial charge in [0.05, 0.1) is 30.0 Å². The minimum atomic E-state index is -0.651. The third-order valence-corrected chi connectivity index (χ3v) is 5.15. The van der Waals surface area contributed by atoms with Crippen LogP contribution >= 0.6 is 0 Å². The SMILES string of the molecule is CCOC(=O)c1c(CN2C(=O)c3ccccc3C2=O)nc(NC)nc1Nc1cccc(C)c1. The van der Waals surface area contributed by atoms with Crippen molar-refractivity contribution in [3.8, 4) is 0 Å². The van der Waals surface area contributed by atoms with Crippen LogP contribution in [0.4, 0.5) is 17.5 Å². The maximum Gasteiger partial charge on any atom is 0.343 e. The van der Waals surface area contributed by atoms with Crippen LogP contribution in [-0.2, 0) is 11.3 Å². The first kappa shape index (κ1) is 21.9. The zero-order valence-corrected chi connectivity index (χ0v) is 18.5. The molecule has 0 spiro atoms. The van der Waals surface area contributed by atoms with Crippen molar-refractivity contribution in [2.75, 3.05) is 24.3 Å². The molecule has 0 saturated heterocycles. The minimum Gasteiger partial charge on any atom is -0.462 e. The summed E-state index contributed by atoms with van der Waals surface area (Å²) in [6.07, 6.45) is 0. The van der Waals surface area contributed by atoms with Crippen LogP contribution in [0.15, 0.2) is 48.5 Å². The zero-order chi connectivity index (χ0) is 23.5. The normalized spacial score (nSPS) is 12.5. The lowest BCUT2D eigenvalue weighted by atomic mass is 10.1. The Morgan fingerprint density at radius 3 is 2.33 bits per heavy atom. The van der Waals surface area contributed by atoms with Crippen LogP contribution in [-0.4, -0.2) is 46.3 Å². The smallest absolute Gasteiger partial charge is 0.343 e. The van der Waals surface area contributed by atoms with Gasteiger partial charge in [0.25, 0.3) is 11.8 Å². The first-order valence-corrected chi connectivity index (χ1v) is 10.5. The summed E-state index contributed by atoms with van der Waals surface area (Å²) in [6.45, 7) is 3.57. The maximum atomic E-state index is 12.9. The molecule has 3 aromatic rings. The quantitative estimate of drug-likeness (QED) is 0.419. The number of carbonyl (C=O) groups excluding carboxylic acids is 3. The van der Waals surface area contributed by atoms with E-state index in [0.29, 0.717) is 16.8 Å². The van der Waals surface area contributed by atoms with Gasteiger partial charge in [-0.25, -0.2) is 9.78 Å². The van der Waals surface area contributed by atoms with E-state index < -0.39 is 17.8 Å². The van der Waals surface area contributed by atoms with Gasteiger partial charge in [0.1, 0.15) is 5.56 Å². The Hall–Kier alpha value is -4.27. The van der Waals surface area contributed by atoms with Crippen molar-refractivity contribution in [2.24, 2.45) is 0 Å². The lowest BCUT2D eigenvalue weighted by Crippen LogP contribution is -2.31. The van der Waals surface area contributed by atoms with Gasteiger partial charge < -0.3 is 15.4 Å². The molecule has 2 heterocycles. The number of imide groups is 1. The number of carbonyl (C=O) groups is 3. The largest absolute Gasteiger partial charge is 0.462 e. The molecule has 9 heteroatoms. The number of rotatable bonds is 7. The van der Waals surface area contributed by atoms with Crippen molar-refractivity contribution in [2.45, 2.75) is 20.4 Å². The van der Waals surface area contributed by atoms with Gasteiger partial charge in [0, 0.05) is 12.7 Å². The van der Waals surface area contributed by atoms with Gasteiger partial charge in [-0.3, -0.25) is 14.5 Å². The topological polar surface area (TPSA) is 114 Å². The second-order valence-corrected chi connectivity index (χ2v) is 7.42. The standard InChI is InChI=1S/C24H23N5O4/c1-4-33-23(32)19-18(13-29-21(30)16-10-5-6-11-17(16)22(29)31)27-24(25-3)28-20(19)26-15-9-7-8-14(2)12-15/h5-12H,4,13H2,1-3H3,(H2,25,26,27,28). The highest BCUT2D eigenvalue weighted by atomic mass is 16.5. The number of hydrogen-bond donors (Lipinski definition) is 2. The maximum absolute atomic E-state index is 12.9. The summed E-state index contributed by atoms with van der Waals surface area (Å²) >= 11 is 0. The Morgan fingerprint density at radius 1 is 1.03 bits per heavy atom. The highest BCUT2D eigenvalue weighted by molar-refractivity contribution is 6.21. The van der Waals surface area contributed by atoms with Crippen molar-refractivity contribution in [3.05, 3.63) is 76.5 Å². The lowest BCUT2D eigenvalue weighted by Gasteiger charge is -2.19. The molecule has 0 aliphatic carbocycles. The summed E-state index contributed by atoms with van der Waals surface area (Å²) < 4.78 is 5.26. The van der Waals surface area contributed by atoms with Gasteiger partial charge in [-0.05, 0) is 43.7 Å². The minimum absolute atomic E-state index is 0.0638. The molecule has 0 fully saturated rings.